The number of aromatic nitrogens is 3. The van der Waals surface area contributed by atoms with Crippen molar-refractivity contribution in [2.24, 2.45) is 0 Å². The second kappa shape index (κ2) is 9.83. The average molecular weight is 449 g/mol. The molecular formula is C25H25ClN4O2. The van der Waals surface area contributed by atoms with Crippen LogP contribution in [0.2, 0.25) is 5.02 Å². The van der Waals surface area contributed by atoms with Crippen molar-refractivity contribution in [1.29, 1.82) is 0 Å². The van der Waals surface area contributed by atoms with Crippen molar-refractivity contribution >= 4 is 28.4 Å². The van der Waals surface area contributed by atoms with Gasteiger partial charge in [0.15, 0.2) is 0 Å². The number of nitrogens with zero attached hydrogens (tertiary/aromatic N) is 3. The number of rotatable bonds is 8. The van der Waals surface area contributed by atoms with Crippen LogP contribution in [0.1, 0.15) is 33.7 Å². The lowest BCUT2D eigenvalue weighted by Gasteiger charge is -2.10. The number of pyridine rings is 1. The molecule has 0 aliphatic carbocycles. The van der Waals surface area contributed by atoms with E-state index in [1.807, 2.05) is 73.1 Å². The Hall–Kier alpha value is -3.38. The first-order valence-corrected chi connectivity index (χ1v) is 10.9. The molecule has 0 aliphatic heterocycles. The number of nitrogens with one attached hydrogen (secondary N) is 1. The zero-order valence-corrected chi connectivity index (χ0v) is 18.9. The molecule has 0 bridgehead atoms. The molecule has 7 heteroatoms. The highest BCUT2D eigenvalue weighted by Crippen LogP contribution is 2.23. The van der Waals surface area contributed by atoms with Crippen molar-refractivity contribution in [2.45, 2.75) is 26.8 Å². The Balaban J connectivity index is 1.32. The summed E-state index contributed by atoms with van der Waals surface area (Å²) in [5.41, 5.74) is 3.93. The third-order valence-corrected chi connectivity index (χ3v) is 5.72. The highest BCUT2D eigenvalue weighted by atomic mass is 35.5. The standard InChI is InChI=1S/C25H25ClN4O2/c1-17-23(18(2)30(29-17)16-20-8-3-4-11-21(20)26)25(31)28-14-7-15-32-22-12-5-9-19-10-6-13-27-24(19)22/h3-6,8-13H,7,14-16H2,1-2H3,(H,28,31). The van der Waals surface area contributed by atoms with Crippen LogP contribution in [0.4, 0.5) is 0 Å². The summed E-state index contributed by atoms with van der Waals surface area (Å²) in [5, 5.41) is 9.25. The van der Waals surface area contributed by atoms with Gasteiger partial charge in [-0.1, -0.05) is 48.0 Å². The van der Waals surface area contributed by atoms with Gasteiger partial charge in [-0.3, -0.25) is 14.5 Å². The molecule has 4 rings (SSSR count). The highest BCUT2D eigenvalue weighted by molar-refractivity contribution is 6.31. The molecule has 0 atom stereocenters. The van der Waals surface area contributed by atoms with Gasteiger partial charge in [0.2, 0.25) is 0 Å². The number of hydrogen-bond donors (Lipinski definition) is 1. The maximum atomic E-state index is 12.8. The molecule has 2 aromatic carbocycles. The van der Waals surface area contributed by atoms with E-state index in [-0.39, 0.29) is 5.91 Å². The van der Waals surface area contributed by atoms with Crippen LogP contribution in [0.3, 0.4) is 0 Å². The van der Waals surface area contributed by atoms with Gasteiger partial charge in [-0.15, -0.1) is 0 Å². The molecule has 4 aromatic rings. The fraction of sp³-hybridized carbons (Fsp3) is 0.240. The minimum Gasteiger partial charge on any atom is -0.491 e. The molecule has 0 saturated carbocycles. The van der Waals surface area contributed by atoms with Gasteiger partial charge in [-0.25, -0.2) is 0 Å². The monoisotopic (exact) mass is 448 g/mol. The quantitative estimate of drug-likeness (QED) is 0.387. The van der Waals surface area contributed by atoms with Crippen molar-refractivity contribution in [3.63, 3.8) is 0 Å². The Morgan fingerprint density at radius 1 is 1.09 bits per heavy atom. The van der Waals surface area contributed by atoms with Crippen LogP contribution in [0, 0.1) is 13.8 Å². The highest BCUT2D eigenvalue weighted by Gasteiger charge is 2.18. The molecule has 0 fully saturated rings. The lowest BCUT2D eigenvalue weighted by atomic mass is 10.1. The van der Waals surface area contributed by atoms with Crippen molar-refractivity contribution < 1.29 is 9.53 Å². The second-order valence-corrected chi connectivity index (χ2v) is 7.99. The Labute approximate surface area is 192 Å². The van der Waals surface area contributed by atoms with Crippen molar-refractivity contribution in [2.75, 3.05) is 13.2 Å². The number of carbonyl (C=O) groups is 1. The van der Waals surface area contributed by atoms with Gasteiger partial charge in [0.05, 0.1) is 24.4 Å². The minimum absolute atomic E-state index is 0.128. The van der Waals surface area contributed by atoms with Gasteiger partial charge in [0.25, 0.3) is 5.91 Å². The van der Waals surface area contributed by atoms with Gasteiger partial charge in [0, 0.05) is 28.8 Å². The van der Waals surface area contributed by atoms with Crippen LogP contribution in [-0.2, 0) is 6.54 Å². The van der Waals surface area contributed by atoms with E-state index < -0.39 is 0 Å². The number of ether oxygens (including phenoxy) is 1. The van der Waals surface area contributed by atoms with Crippen LogP contribution in [0.15, 0.2) is 60.8 Å². The molecule has 6 nitrogen and oxygen atoms in total. The van der Waals surface area contributed by atoms with E-state index in [1.165, 1.54) is 0 Å². The van der Waals surface area contributed by atoms with E-state index in [9.17, 15) is 4.79 Å². The number of hydrogen-bond acceptors (Lipinski definition) is 4. The molecule has 2 heterocycles. The second-order valence-electron chi connectivity index (χ2n) is 7.58. The Bertz CT molecular complexity index is 1250. The zero-order valence-electron chi connectivity index (χ0n) is 18.1. The van der Waals surface area contributed by atoms with Crippen LogP contribution in [0.5, 0.6) is 5.75 Å². The van der Waals surface area contributed by atoms with Crippen LogP contribution in [0.25, 0.3) is 10.9 Å². The summed E-state index contributed by atoms with van der Waals surface area (Å²) >= 11 is 6.27. The SMILES string of the molecule is Cc1nn(Cc2ccccc2Cl)c(C)c1C(=O)NCCCOc1cccc2cccnc12. The topological polar surface area (TPSA) is 69.0 Å². The summed E-state index contributed by atoms with van der Waals surface area (Å²) in [6, 6.07) is 17.4. The number of aryl methyl sites for hydroxylation is 1. The molecular weight excluding hydrogens is 424 g/mol. The molecule has 1 N–H and O–H groups in total. The van der Waals surface area contributed by atoms with E-state index in [4.69, 9.17) is 16.3 Å². The number of fused-ring (bicyclic) bond motifs is 1. The summed E-state index contributed by atoms with van der Waals surface area (Å²) in [7, 11) is 0. The maximum Gasteiger partial charge on any atom is 0.255 e. The van der Waals surface area contributed by atoms with Crippen molar-refractivity contribution in [3.8, 4) is 5.75 Å². The first-order chi connectivity index (χ1) is 15.5. The molecule has 2 aromatic heterocycles. The van der Waals surface area contributed by atoms with E-state index in [0.29, 0.717) is 42.4 Å². The molecule has 164 valence electrons. The lowest BCUT2D eigenvalue weighted by molar-refractivity contribution is 0.0950. The van der Waals surface area contributed by atoms with Gasteiger partial charge in [-0.05, 0) is 44.0 Å². The fourth-order valence-corrected chi connectivity index (χ4v) is 3.90. The summed E-state index contributed by atoms with van der Waals surface area (Å²) in [6.07, 6.45) is 2.44. The molecule has 0 aliphatic rings. The molecule has 0 unspecified atom stereocenters. The predicted octanol–water partition coefficient (Wildman–Crippen LogP) is 4.95. The fourth-order valence-electron chi connectivity index (χ4n) is 3.70. The first-order valence-electron chi connectivity index (χ1n) is 10.6. The maximum absolute atomic E-state index is 12.8. The number of amides is 1. The first kappa shape index (κ1) is 21.8. The largest absolute Gasteiger partial charge is 0.491 e. The van der Waals surface area contributed by atoms with Gasteiger partial charge in [-0.2, -0.15) is 5.10 Å². The minimum atomic E-state index is -0.128. The third-order valence-electron chi connectivity index (χ3n) is 5.35. The lowest BCUT2D eigenvalue weighted by Crippen LogP contribution is -2.26. The average Bonchev–Trinajstić information content (AvgIpc) is 3.08. The van der Waals surface area contributed by atoms with E-state index in [0.717, 1.165) is 27.9 Å². The van der Waals surface area contributed by atoms with Crippen molar-refractivity contribution in [1.82, 2.24) is 20.1 Å². The summed E-state index contributed by atoms with van der Waals surface area (Å²) in [5.74, 6) is 0.624. The molecule has 1 amide bonds. The van der Waals surface area contributed by atoms with E-state index in [2.05, 4.69) is 15.4 Å². The van der Waals surface area contributed by atoms with Gasteiger partial charge >= 0.3 is 0 Å². The summed E-state index contributed by atoms with van der Waals surface area (Å²) in [6.45, 7) is 5.27. The van der Waals surface area contributed by atoms with E-state index in [1.54, 1.807) is 6.20 Å². The van der Waals surface area contributed by atoms with Crippen LogP contribution in [-0.4, -0.2) is 33.8 Å². The molecule has 0 spiro atoms. The number of carbonyl (C=O) groups excluding carboxylic acids is 1. The molecule has 32 heavy (non-hydrogen) atoms. The van der Waals surface area contributed by atoms with Crippen molar-refractivity contribution in [3.05, 3.63) is 88.3 Å². The van der Waals surface area contributed by atoms with E-state index >= 15 is 0 Å². The number of benzene rings is 2. The van der Waals surface area contributed by atoms with Crippen LogP contribution < -0.4 is 10.1 Å². The Morgan fingerprint density at radius 3 is 2.75 bits per heavy atom. The number of para-hydroxylation sites is 1. The summed E-state index contributed by atoms with van der Waals surface area (Å²) < 4.78 is 7.71. The van der Waals surface area contributed by atoms with Gasteiger partial charge in [0.1, 0.15) is 11.3 Å². The smallest absolute Gasteiger partial charge is 0.255 e. The van der Waals surface area contributed by atoms with Gasteiger partial charge < -0.3 is 10.1 Å². The normalized spacial score (nSPS) is 11.0. The molecule has 0 radical (unpaired) electrons. The zero-order chi connectivity index (χ0) is 22.5. The third kappa shape index (κ3) is 4.75. The number of halogens is 1. The van der Waals surface area contributed by atoms with Crippen LogP contribution >= 0.6 is 11.6 Å². The Morgan fingerprint density at radius 2 is 1.91 bits per heavy atom. The Kier molecular flexibility index (Phi) is 6.71. The summed E-state index contributed by atoms with van der Waals surface area (Å²) in [4.78, 5) is 17.2. The molecule has 0 saturated heterocycles. The predicted molar refractivity (Wildman–Crippen MR) is 126 cm³/mol.